The van der Waals surface area contributed by atoms with Gasteiger partial charge in [0.05, 0.1) is 7.11 Å². The van der Waals surface area contributed by atoms with E-state index in [0.717, 1.165) is 11.1 Å². The third kappa shape index (κ3) is 5.19. The molecule has 2 rings (SSSR count). The lowest BCUT2D eigenvalue weighted by molar-refractivity contribution is -0.142. The van der Waals surface area contributed by atoms with Crippen molar-refractivity contribution in [3.8, 4) is 11.8 Å². The molecular formula is C21H20N2O4. The second kappa shape index (κ2) is 9.20. The first-order valence-electron chi connectivity index (χ1n) is 8.24. The van der Waals surface area contributed by atoms with Crippen molar-refractivity contribution in [2.75, 3.05) is 19.0 Å². The third-order valence-corrected chi connectivity index (χ3v) is 4.01. The van der Waals surface area contributed by atoms with Gasteiger partial charge in [-0.1, -0.05) is 30.3 Å². The summed E-state index contributed by atoms with van der Waals surface area (Å²) in [5.74, 6) is -0.675. The van der Waals surface area contributed by atoms with E-state index in [1.54, 1.807) is 30.3 Å². The van der Waals surface area contributed by atoms with Crippen LogP contribution >= 0.6 is 0 Å². The smallest absolute Gasteiger partial charge is 0.343 e. The number of hydrogen-bond donors (Lipinski definition) is 1. The first-order valence-corrected chi connectivity index (χ1v) is 8.24. The summed E-state index contributed by atoms with van der Waals surface area (Å²) in [7, 11) is 1.27. The van der Waals surface area contributed by atoms with Gasteiger partial charge in [-0.2, -0.15) is 5.26 Å². The molecule has 0 fully saturated rings. The van der Waals surface area contributed by atoms with Gasteiger partial charge < -0.3 is 14.8 Å². The third-order valence-electron chi connectivity index (χ3n) is 4.01. The quantitative estimate of drug-likeness (QED) is 0.482. The highest BCUT2D eigenvalue weighted by atomic mass is 16.6. The molecule has 0 atom stereocenters. The number of rotatable bonds is 6. The largest absolute Gasteiger partial charge is 0.481 e. The molecule has 1 N–H and O–H groups in total. The van der Waals surface area contributed by atoms with Crippen molar-refractivity contribution in [1.82, 2.24) is 0 Å². The van der Waals surface area contributed by atoms with Crippen LogP contribution in [0.1, 0.15) is 16.7 Å². The summed E-state index contributed by atoms with van der Waals surface area (Å²) in [4.78, 5) is 23.8. The fourth-order valence-electron chi connectivity index (χ4n) is 2.31. The van der Waals surface area contributed by atoms with Crippen LogP contribution in [0.15, 0.2) is 48.0 Å². The average Bonchev–Trinajstić information content (AvgIpc) is 2.68. The Morgan fingerprint density at radius 2 is 1.89 bits per heavy atom. The average molecular weight is 364 g/mol. The molecule has 138 valence electrons. The fourth-order valence-corrected chi connectivity index (χ4v) is 2.31. The Labute approximate surface area is 158 Å². The van der Waals surface area contributed by atoms with E-state index in [4.69, 9.17) is 4.74 Å². The minimum atomic E-state index is -0.526. The molecule has 6 heteroatoms. The monoisotopic (exact) mass is 364 g/mol. The summed E-state index contributed by atoms with van der Waals surface area (Å²) in [6, 6.07) is 14.3. The number of nitrogens with zero attached hydrogens (tertiary/aromatic N) is 1. The van der Waals surface area contributed by atoms with E-state index in [0.29, 0.717) is 17.0 Å². The number of anilines is 1. The number of carbonyl (C=O) groups is 2. The van der Waals surface area contributed by atoms with Crippen LogP contribution in [0.2, 0.25) is 0 Å². The maximum atomic E-state index is 12.5. The number of ether oxygens (including phenoxy) is 2. The molecule has 0 radical (unpaired) electrons. The van der Waals surface area contributed by atoms with Gasteiger partial charge in [0.25, 0.3) is 5.91 Å². The van der Waals surface area contributed by atoms with Crippen LogP contribution in [0.25, 0.3) is 6.08 Å². The summed E-state index contributed by atoms with van der Waals surface area (Å²) in [5, 5.41) is 12.2. The van der Waals surface area contributed by atoms with E-state index in [2.05, 4.69) is 10.1 Å². The van der Waals surface area contributed by atoms with Gasteiger partial charge in [-0.25, -0.2) is 4.79 Å². The number of hydrogen-bond acceptors (Lipinski definition) is 5. The summed E-state index contributed by atoms with van der Waals surface area (Å²) in [5.41, 5.74) is 3.05. The van der Waals surface area contributed by atoms with Crippen LogP contribution < -0.4 is 10.1 Å². The van der Waals surface area contributed by atoms with Crippen LogP contribution in [-0.2, 0) is 14.3 Å². The van der Waals surface area contributed by atoms with Gasteiger partial charge in [-0.3, -0.25) is 4.79 Å². The zero-order valence-corrected chi connectivity index (χ0v) is 15.4. The molecule has 0 unspecified atom stereocenters. The maximum Gasteiger partial charge on any atom is 0.343 e. The molecule has 0 aromatic heterocycles. The standard InChI is InChI=1S/C21H20N2O4/c1-14-7-6-9-18(15(14)2)23-21(25)17(12-22)11-16-8-4-5-10-19(16)27-13-20(24)26-3/h4-11H,13H2,1-3H3,(H,23,25)/b17-11+. The molecule has 0 aliphatic heterocycles. The van der Waals surface area contributed by atoms with Gasteiger partial charge in [0.15, 0.2) is 6.61 Å². The molecule has 0 aliphatic carbocycles. The molecular weight excluding hydrogens is 344 g/mol. The lowest BCUT2D eigenvalue weighted by Gasteiger charge is -2.11. The Balaban J connectivity index is 2.25. The molecule has 2 aromatic carbocycles. The minimum Gasteiger partial charge on any atom is -0.481 e. The van der Waals surface area contributed by atoms with Gasteiger partial charge in [-0.05, 0) is 43.2 Å². The minimum absolute atomic E-state index is 0.0787. The number of nitrogens with one attached hydrogen (secondary N) is 1. The van der Waals surface area contributed by atoms with E-state index < -0.39 is 11.9 Å². The number of benzene rings is 2. The number of esters is 1. The van der Waals surface area contributed by atoms with Crippen LogP contribution in [0.4, 0.5) is 5.69 Å². The second-order valence-corrected chi connectivity index (χ2v) is 5.77. The molecule has 2 aromatic rings. The summed E-state index contributed by atoms with van der Waals surface area (Å²) in [6.45, 7) is 3.58. The van der Waals surface area contributed by atoms with Gasteiger partial charge in [0, 0.05) is 11.3 Å². The Bertz CT molecular complexity index is 926. The van der Waals surface area contributed by atoms with Crippen molar-refractivity contribution in [2.24, 2.45) is 0 Å². The van der Waals surface area contributed by atoms with Crippen molar-refractivity contribution in [3.05, 3.63) is 64.7 Å². The topological polar surface area (TPSA) is 88.4 Å². The van der Waals surface area contributed by atoms with Gasteiger partial charge >= 0.3 is 5.97 Å². The van der Waals surface area contributed by atoms with E-state index in [1.807, 2.05) is 32.0 Å². The van der Waals surface area contributed by atoms with Crippen molar-refractivity contribution in [1.29, 1.82) is 5.26 Å². The Morgan fingerprint density at radius 3 is 2.59 bits per heavy atom. The predicted octanol–water partition coefficient (Wildman–Crippen LogP) is 3.40. The first-order chi connectivity index (χ1) is 13.0. The van der Waals surface area contributed by atoms with E-state index >= 15 is 0 Å². The summed E-state index contributed by atoms with van der Waals surface area (Å²) < 4.78 is 9.95. The number of para-hydroxylation sites is 1. The Morgan fingerprint density at radius 1 is 1.15 bits per heavy atom. The van der Waals surface area contributed by atoms with Crippen molar-refractivity contribution >= 4 is 23.6 Å². The Kier molecular flexibility index (Phi) is 6.73. The van der Waals surface area contributed by atoms with Crippen LogP contribution in [0.3, 0.4) is 0 Å². The van der Waals surface area contributed by atoms with Crippen LogP contribution in [0.5, 0.6) is 5.75 Å². The number of carbonyl (C=O) groups excluding carboxylic acids is 2. The van der Waals surface area contributed by atoms with Gasteiger partial charge in [0.1, 0.15) is 17.4 Å². The number of aryl methyl sites for hydroxylation is 1. The van der Waals surface area contributed by atoms with Gasteiger partial charge in [0.2, 0.25) is 0 Å². The molecule has 0 aliphatic rings. The van der Waals surface area contributed by atoms with E-state index in [9.17, 15) is 14.9 Å². The number of amides is 1. The molecule has 0 spiro atoms. The lowest BCUT2D eigenvalue weighted by Crippen LogP contribution is -2.15. The molecule has 0 saturated carbocycles. The highest BCUT2D eigenvalue weighted by molar-refractivity contribution is 6.10. The van der Waals surface area contributed by atoms with Crippen molar-refractivity contribution in [2.45, 2.75) is 13.8 Å². The van der Waals surface area contributed by atoms with Crippen molar-refractivity contribution in [3.63, 3.8) is 0 Å². The zero-order valence-electron chi connectivity index (χ0n) is 15.4. The second-order valence-electron chi connectivity index (χ2n) is 5.77. The summed E-state index contributed by atoms with van der Waals surface area (Å²) >= 11 is 0. The van der Waals surface area contributed by atoms with Crippen LogP contribution in [0, 0.1) is 25.2 Å². The van der Waals surface area contributed by atoms with E-state index in [-0.39, 0.29) is 12.2 Å². The highest BCUT2D eigenvalue weighted by Gasteiger charge is 2.13. The maximum absolute atomic E-state index is 12.5. The van der Waals surface area contributed by atoms with Crippen LogP contribution in [-0.4, -0.2) is 25.6 Å². The molecule has 1 amide bonds. The molecule has 0 saturated heterocycles. The first kappa shape index (κ1) is 19.7. The zero-order chi connectivity index (χ0) is 19.8. The number of methoxy groups -OCH3 is 1. The molecule has 27 heavy (non-hydrogen) atoms. The van der Waals surface area contributed by atoms with E-state index in [1.165, 1.54) is 13.2 Å². The fraction of sp³-hybridized carbons (Fsp3) is 0.190. The molecule has 0 heterocycles. The molecule has 0 bridgehead atoms. The summed E-state index contributed by atoms with van der Waals surface area (Å²) in [6.07, 6.45) is 1.42. The highest BCUT2D eigenvalue weighted by Crippen LogP contribution is 2.23. The SMILES string of the molecule is COC(=O)COc1ccccc1/C=C(\C#N)C(=O)Nc1cccc(C)c1C. The predicted molar refractivity (Wildman–Crippen MR) is 102 cm³/mol. The van der Waals surface area contributed by atoms with Crippen molar-refractivity contribution < 1.29 is 19.1 Å². The van der Waals surface area contributed by atoms with Gasteiger partial charge in [-0.15, -0.1) is 0 Å². The number of nitriles is 1. The Hall–Kier alpha value is -3.59. The lowest BCUT2D eigenvalue weighted by atomic mass is 10.1. The normalized spacial score (nSPS) is 10.7. The molecule has 6 nitrogen and oxygen atoms in total.